The second-order valence-electron chi connectivity index (χ2n) is 4.82. The zero-order valence-corrected chi connectivity index (χ0v) is 21.7. The van der Waals surface area contributed by atoms with Gasteiger partial charge in [0.2, 0.25) is 0 Å². The Balaban J connectivity index is -0.000000317. The van der Waals surface area contributed by atoms with Gasteiger partial charge >= 0.3 is 0 Å². The SMILES string of the molecule is Br.CC(C)c1nccc(Cl)c1N.C[CH-]C.Nc1c(Cl)ccnc1Cl.[Zn]. The van der Waals surface area contributed by atoms with Crippen molar-refractivity contribution in [2.45, 2.75) is 33.6 Å². The van der Waals surface area contributed by atoms with Crippen molar-refractivity contribution < 1.29 is 19.5 Å². The van der Waals surface area contributed by atoms with E-state index < -0.39 is 0 Å². The standard InChI is InChI=1S/C8H11ClN2.C5H4Cl2N2.C3H7.BrH.Zn/c1-5(2)8-7(10)6(9)3-4-11-8;6-3-1-2-9-5(7)4(3)8;1-3-2;;/h3-5H,10H2,1-2H3;1-2H,8H2;3H,1-2H3;1H;/q;;-1;;. The van der Waals surface area contributed by atoms with Gasteiger partial charge in [-0.2, -0.15) is 13.8 Å². The van der Waals surface area contributed by atoms with E-state index in [1.807, 2.05) is 34.1 Å². The van der Waals surface area contributed by atoms with Crippen LogP contribution < -0.4 is 11.5 Å². The molecule has 0 saturated carbocycles. The molecule has 0 aliphatic carbocycles. The van der Waals surface area contributed by atoms with Crippen LogP contribution in [0.4, 0.5) is 11.4 Å². The van der Waals surface area contributed by atoms with Crippen molar-refractivity contribution >= 4 is 63.2 Å². The van der Waals surface area contributed by atoms with Crippen molar-refractivity contribution in [2.24, 2.45) is 0 Å². The predicted octanol–water partition coefficient (Wildman–Crippen LogP) is 6.22. The molecule has 2 heterocycles. The van der Waals surface area contributed by atoms with Crippen LogP contribution in [0.5, 0.6) is 0 Å². The Morgan fingerprint density at radius 3 is 1.64 bits per heavy atom. The molecule has 2 aromatic rings. The van der Waals surface area contributed by atoms with Crippen LogP contribution in [0.1, 0.15) is 39.3 Å². The summed E-state index contributed by atoms with van der Waals surface area (Å²) in [7, 11) is 0. The molecular weight excluding hydrogens is 500 g/mol. The Morgan fingerprint density at radius 2 is 1.32 bits per heavy atom. The normalized spacial score (nSPS) is 8.80. The number of aromatic nitrogens is 2. The van der Waals surface area contributed by atoms with Crippen molar-refractivity contribution in [3.05, 3.63) is 51.8 Å². The fraction of sp³-hybridized carbons (Fsp3) is 0.312. The van der Waals surface area contributed by atoms with E-state index >= 15 is 0 Å². The summed E-state index contributed by atoms with van der Waals surface area (Å²) in [5, 5.41) is 1.28. The minimum Gasteiger partial charge on any atom is -0.396 e. The molecule has 0 atom stereocenters. The molecular formula is C16H23BrCl3N4Zn-. The Kier molecular flexibility index (Phi) is 19.1. The van der Waals surface area contributed by atoms with Gasteiger partial charge < -0.3 is 17.9 Å². The van der Waals surface area contributed by atoms with Gasteiger partial charge in [-0.25, -0.2) is 4.98 Å². The van der Waals surface area contributed by atoms with Gasteiger partial charge in [0.15, 0.2) is 5.15 Å². The van der Waals surface area contributed by atoms with E-state index in [0.717, 1.165) is 5.69 Å². The van der Waals surface area contributed by atoms with Crippen LogP contribution in [0.25, 0.3) is 0 Å². The smallest absolute Gasteiger partial charge is 0.153 e. The van der Waals surface area contributed by atoms with Gasteiger partial charge in [-0.1, -0.05) is 48.7 Å². The number of nitrogens with two attached hydrogens (primary N) is 2. The van der Waals surface area contributed by atoms with Gasteiger partial charge in [-0.15, -0.1) is 17.0 Å². The second kappa shape index (κ2) is 16.1. The van der Waals surface area contributed by atoms with E-state index in [-0.39, 0.29) is 41.6 Å². The van der Waals surface area contributed by atoms with E-state index in [0.29, 0.717) is 27.3 Å². The molecule has 4 nitrogen and oxygen atoms in total. The van der Waals surface area contributed by atoms with Crippen LogP contribution in [0.2, 0.25) is 15.2 Å². The molecule has 0 aliphatic heterocycles. The number of hydrogen-bond donors (Lipinski definition) is 2. The fourth-order valence-electron chi connectivity index (χ4n) is 1.35. The molecule has 2 aromatic heterocycles. The fourth-order valence-corrected chi connectivity index (χ4v) is 1.86. The second-order valence-corrected chi connectivity index (χ2v) is 5.99. The van der Waals surface area contributed by atoms with Gasteiger partial charge in [-0.3, -0.25) is 4.98 Å². The van der Waals surface area contributed by atoms with Crippen molar-refractivity contribution in [2.75, 3.05) is 11.5 Å². The average Bonchev–Trinajstić information content (AvgIpc) is 2.49. The maximum absolute atomic E-state index is 5.79. The Hall–Kier alpha value is -0.127. The van der Waals surface area contributed by atoms with Gasteiger partial charge in [0.05, 0.1) is 27.1 Å². The first-order valence-electron chi connectivity index (χ1n) is 6.95. The maximum atomic E-state index is 5.79. The third kappa shape index (κ3) is 11.2. The summed E-state index contributed by atoms with van der Waals surface area (Å²) in [6, 6.07) is 3.28. The number of pyridine rings is 2. The van der Waals surface area contributed by atoms with Crippen LogP contribution >= 0.6 is 51.8 Å². The first-order valence-corrected chi connectivity index (χ1v) is 8.08. The summed E-state index contributed by atoms with van der Waals surface area (Å²) in [6.07, 6.45) is 5.18. The van der Waals surface area contributed by atoms with Gasteiger partial charge in [0.25, 0.3) is 0 Å². The van der Waals surface area contributed by atoms with Crippen molar-refractivity contribution in [1.82, 2.24) is 9.97 Å². The van der Waals surface area contributed by atoms with E-state index in [1.54, 1.807) is 18.3 Å². The minimum atomic E-state index is 0. The van der Waals surface area contributed by atoms with Gasteiger partial charge in [-0.05, 0) is 18.1 Å². The number of halogens is 4. The predicted molar refractivity (Wildman–Crippen MR) is 112 cm³/mol. The Bertz CT molecular complexity index is 596. The molecule has 0 fully saturated rings. The van der Waals surface area contributed by atoms with Crippen molar-refractivity contribution in [3.63, 3.8) is 0 Å². The third-order valence-corrected chi connectivity index (χ3v) is 3.36. The van der Waals surface area contributed by atoms with E-state index in [2.05, 4.69) is 9.97 Å². The molecule has 0 radical (unpaired) electrons. The molecule has 4 N–H and O–H groups in total. The quantitative estimate of drug-likeness (QED) is 0.265. The van der Waals surface area contributed by atoms with Crippen LogP contribution in [0.3, 0.4) is 0 Å². The number of anilines is 2. The molecule has 0 unspecified atom stereocenters. The molecule has 25 heavy (non-hydrogen) atoms. The molecule has 0 spiro atoms. The number of nitrogen functional groups attached to an aromatic ring is 2. The first-order chi connectivity index (χ1) is 10.8. The van der Waals surface area contributed by atoms with Gasteiger partial charge in [0, 0.05) is 31.9 Å². The molecule has 0 aromatic carbocycles. The summed E-state index contributed by atoms with van der Waals surface area (Å²) >= 11 is 16.9. The van der Waals surface area contributed by atoms with Crippen molar-refractivity contribution in [3.8, 4) is 0 Å². The summed E-state index contributed by atoms with van der Waals surface area (Å²) in [4.78, 5) is 7.82. The molecule has 138 valence electrons. The number of hydrogen-bond acceptors (Lipinski definition) is 4. The summed E-state index contributed by atoms with van der Waals surface area (Å²) in [5.41, 5.74) is 12.9. The Morgan fingerprint density at radius 1 is 0.920 bits per heavy atom. The maximum Gasteiger partial charge on any atom is 0.153 e. The van der Waals surface area contributed by atoms with E-state index in [1.165, 1.54) is 6.20 Å². The molecule has 0 bridgehead atoms. The average molecular weight is 523 g/mol. The van der Waals surface area contributed by atoms with Crippen LogP contribution in [-0.2, 0) is 19.5 Å². The van der Waals surface area contributed by atoms with E-state index in [9.17, 15) is 0 Å². The summed E-state index contributed by atoms with van der Waals surface area (Å²) in [6.45, 7) is 8.07. The summed E-state index contributed by atoms with van der Waals surface area (Å²) in [5.74, 6) is 0.327. The monoisotopic (exact) mass is 519 g/mol. The van der Waals surface area contributed by atoms with Crippen LogP contribution in [-0.4, -0.2) is 9.97 Å². The van der Waals surface area contributed by atoms with E-state index in [4.69, 9.17) is 46.3 Å². The van der Waals surface area contributed by atoms with Gasteiger partial charge in [0.1, 0.15) is 0 Å². The molecule has 0 amide bonds. The molecule has 9 heteroatoms. The van der Waals surface area contributed by atoms with Crippen LogP contribution in [0, 0.1) is 6.42 Å². The largest absolute Gasteiger partial charge is 0.396 e. The third-order valence-electron chi connectivity index (χ3n) is 2.40. The zero-order chi connectivity index (χ0) is 18.0. The topological polar surface area (TPSA) is 77.8 Å². The first kappa shape index (κ1) is 29.6. The number of rotatable bonds is 1. The molecule has 2 rings (SSSR count). The number of nitrogens with zero attached hydrogens (tertiary/aromatic N) is 2. The zero-order valence-electron chi connectivity index (χ0n) is 14.8. The summed E-state index contributed by atoms with van der Waals surface area (Å²) < 4.78 is 0. The Labute approximate surface area is 188 Å². The van der Waals surface area contributed by atoms with Crippen LogP contribution in [0.15, 0.2) is 24.5 Å². The minimum absolute atomic E-state index is 0. The molecule has 0 saturated heterocycles. The molecule has 0 aliphatic rings. The van der Waals surface area contributed by atoms with Crippen molar-refractivity contribution in [1.29, 1.82) is 0 Å².